The quantitative estimate of drug-likeness (QED) is 0.577. The Kier molecular flexibility index (Phi) is 6.84. The molecule has 0 amide bonds. The monoisotopic (exact) mass is 134 g/mol. The summed E-state index contributed by atoms with van der Waals surface area (Å²) in [5.41, 5.74) is 0. The predicted octanol–water partition coefficient (Wildman–Crippen LogP) is 2.18. The molecule has 0 radical (unpaired) electrons. The third-order valence-corrected chi connectivity index (χ3v) is 1.25. The number of hydrogen-bond donors (Lipinski definition) is 1. The molecule has 0 nitrogen and oxygen atoms in total. The maximum absolute atomic E-state index is 4.03. The lowest BCUT2D eigenvalue weighted by atomic mass is 10.5. The van der Waals surface area contributed by atoms with E-state index >= 15 is 0 Å². The van der Waals surface area contributed by atoms with E-state index in [1.165, 1.54) is 0 Å². The van der Waals surface area contributed by atoms with Gasteiger partial charge in [-0.15, -0.1) is 11.8 Å². The van der Waals surface area contributed by atoms with Gasteiger partial charge >= 0.3 is 0 Å². The standard InChI is InChI=1S/C5H10S2/c1-7-5-3-2-4-6/h3,5-6H,2,4H2,1H3. The fraction of sp³-hybridized carbons (Fsp3) is 0.600. The van der Waals surface area contributed by atoms with Crippen LogP contribution in [0.4, 0.5) is 0 Å². The van der Waals surface area contributed by atoms with Gasteiger partial charge in [-0.2, -0.15) is 12.6 Å². The largest absolute Gasteiger partial charge is 0.179 e. The van der Waals surface area contributed by atoms with Gasteiger partial charge < -0.3 is 0 Å². The molecule has 0 bridgehead atoms. The smallest absolute Gasteiger partial charge is 0.00630 e. The molecule has 7 heavy (non-hydrogen) atoms. The van der Waals surface area contributed by atoms with E-state index in [0.29, 0.717) is 0 Å². The van der Waals surface area contributed by atoms with Gasteiger partial charge in [0, 0.05) is 0 Å². The molecule has 0 aliphatic rings. The summed E-state index contributed by atoms with van der Waals surface area (Å²) in [6, 6.07) is 0. The van der Waals surface area contributed by atoms with Crippen LogP contribution < -0.4 is 0 Å². The van der Waals surface area contributed by atoms with Crippen LogP contribution in [-0.2, 0) is 0 Å². The van der Waals surface area contributed by atoms with Crippen LogP contribution >= 0.6 is 24.4 Å². The molecular formula is C5H10S2. The molecule has 2 heteroatoms. The summed E-state index contributed by atoms with van der Waals surface area (Å²) in [5, 5.41) is 2.08. The van der Waals surface area contributed by atoms with Crippen molar-refractivity contribution >= 4 is 24.4 Å². The molecule has 0 aromatic carbocycles. The van der Waals surface area contributed by atoms with Crippen LogP contribution in [0.15, 0.2) is 11.5 Å². The minimum atomic E-state index is 0.955. The molecule has 0 saturated carbocycles. The van der Waals surface area contributed by atoms with E-state index in [9.17, 15) is 0 Å². The summed E-state index contributed by atoms with van der Waals surface area (Å²) in [6.45, 7) is 0. The molecule has 0 aliphatic carbocycles. The zero-order valence-electron chi connectivity index (χ0n) is 4.42. The molecule has 0 aromatic heterocycles. The summed E-state index contributed by atoms with van der Waals surface area (Å²) < 4.78 is 0. The highest BCUT2D eigenvalue weighted by Gasteiger charge is 1.68. The molecular weight excluding hydrogens is 124 g/mol. The Hall–Kier alpha value is 0.440. The van der Waals surface area contributed by atoms with E-state index < -0.39 is 0 Å². The number of thiol groups is 1. The minimum Gasteiger partial charge on any atom is -0.179 e. The summed E-state index contributed by atoms with van der Waals surface area (Å²) in [5.74, 6) is 0.955. The molecule has 0 rings (SSSR count). The summed E-state index contributed by atoms with van der Waals surface area (Å²) in [7, 11) is 0. The van der Waals surface area contributed by atoms with Crippen LogP contribution in [-0.4, -0.2) is 12.0 Å². The molecule has 42 valence electrons. The van der Waals surface area contributed by atoms with E-state index in [4.69, 9.17) is 0 Å². The van der Waals surface area contributed by atoms with Crippen molar-refractivity contribution in [1.29, 1.82) is 0 Å². The van der Waals surface area contributed by atoms with Crippen molar-refractivity contribution in [2.75, 3.05) is 12.0 Å². The van der Waals surface area contributed by atoms with Crippen molar-refractivity contribution in [2.45, 2.75) is 6.42 Å². The van der Waals surface area contributed by atoms with Crippen molar-refractivity contribution < 1.29 is 0 Å². The Morgan fingerprint density at radius 3 is 2.86 bits per heavy atom. The fourth-order valence-corrected chi connectivity index (χ4v) is 0.716. The first-order valence-electron chi connectivity index (χ1n) is 2.20. The van der Waals surface area contributed by atoms with Crippen LogP contribution in [0.1, 0.15) is 6.42 Å². The highest BCUT2D eigenvalue weighted by molar-refractivity contribution is 8.01. The van der Waals surface area contributed by atoms with Crippen molar-refractivity contribution in [3.63, 3.8) is 0 Å². The van der Waals surface area contributed by atoms with Crippen molar-refractivity contribution in [3.8, 4) is 0 Å². The lowest BCUT2D eigenvalue weighted by Gasteiger charge is -1.79. The van der Waals surface area contributed by atoms with E-state index in [1.54, 1.807) is 11.8 Å². The van der Waals surface area contributed by atoms with Crippen LogP contribution in [0.5, 0.6) is 0 Å². The molecule has 0 aliphatic heterocycles. The SMILES string of the molecule is CSC=CCCS. The second-order valence-electron chi connectivity index (χ2n) is 1.12. The van der Waals surface area contributed by atoms with Crippen molar-refractivity contribution in [2.24, 2.45) is 0 Å². The third kappa shape index (κ3) is 6.44. The summed E-state index contributed by atoms with van der Waals surface area (Å²) in [6.07, 6.45) is 5.26. The second kappa shape index (κ2) is 6.44. The zero-order chi connectivity index (χ0) is 5.54. The van der Waals surface area contributed by atoms with Gasteiger partial charge in [-0.1, -0.05) is 6.08 Å². The van der Waals surface area contributed by atoms with Crippen LogP contribution in [0.3, 0.4) is 0 Å². The van der Waals surface area contributed by atoms with Gasteiger partial charge in [0.15, 0.2) is 0 Å². The lowest BCUT2D eigenvalue weighted by Crippen LogP contribution is -1.62. The van der Waals surface area contributed by atoms with Gasteiger partial charge in [-0.25, -0.2) is 0 Å². The number of rotatable bonds is 3. The highest BCUT2D eigenvalue weighted by atomic mass is 32.2. The molecule has 0 fully saturated rings. The van der Waals surface area contributed by atoms with Gasteiger partial charge in [0.25, 0.3) is 0 Å². The molecule has 0 aromatic rings. The molecule has 0 spiro atoms. The molecule has 0 N–H and O–H groups in total. The Labute approximate surface area is 54.8 Å². The average Bonchev–Trinajstić information content (AvgIpc) is 1.69. The van der Waals surface area contributed by atoms with Gasteiger partial charge in [-0.3, -0.25) is 0 Å². The fourth-order valence-electron chi connectivity index (χ4n) is 0.239. The normalized spacial score (nSPS) is 10.6. The van der Waals surface area contributed by atoms with Gasteiger partial charge in [-0.05, 0) is 23.8 Å². The molecule has 0 atom stereocenters. The molecule has 0 saturated heterocycles. The van der Waals surface area contributed by atoms with E-state index in [1.807, 2.05) is 0 Å². The first kappa shape index (κ1) is 7.44. The van der Waals surface area contributed by atoms with Gasteiger partial charge in [0.05, 0.1) is 0 Å². The van der Waals surface area contributed by atoms with Crippen LogP contribution in [0.2, 0.25) is 0 Å². The topological polar surface area (TPSA) is 0 Å². The molecule has 0 heterocycles. The third-order valence-electron chi connectivity index (χ3n) is 0.528. The van der Waals surface area contributed by atoms with Gasteiger partial charge in [0.2, 0.25) is 0 Å². The predicted molar refractivity (Wildman–Crippen MR) is 41.1 cm³/mol. The van der Waals surface area contributed by atoms with E-state index in [0.717, 1.165) is 12.2 Å². The summed E-state index contributed by atoms with van der Waals surface area (Å²) >= 11 is 5.76. The first-order chi connectivity index (χ1) is 3.41. The lowest BCUT2D eigenvalue weighted by molar-refractivity contribution is 1.26. The zero-order valence-corrected chi connectivity index (χ0v) is 6.14. The number of hydrogen-bond acceptors (Lipinski definition) is 2. The van der Waals surface area contributed by atoms with Crippen molar-refractivity contribution in [1.82, 2.24) is 0 Å². The molecule has 0 unspecified atom stereocenters. The highest BCUT2D eigenvalue weighted by Crippen LogP contribution is 1.95. The minimum absolute atomic E-state index is 0.955. The Morgan fingerprint density at radius 2 is 2.43 bits per heavy atom. The van der Waals surface area contributed by atoms with E-state index in [-0.39, 0.29) is 0 Å². The van der Waals surface area contributed by atoms with Crippen molar-refractivity contribution in [3.05, 3.63) is 11.5 Å². The maximum Gasteiger partial charge on any atom is -0.00630 e. The van der Waals surface area contributed by atoms with Crippen LogP contribution in [0, 0.1) is 0 Å². The summed E-state index contributed by atoms with van der Waals surface area (Å²) in [4.78, 5) is 0. The Bertz CT molecular complexity index is 50.0. The Balaban J connectivity index is 2.78. The maximum atomic E-state index is 4.03. The second-order valence-corrected chi connectivity index (χ2v) is 2.31. The number of allylic oxidation sites excluding steroid dienone is 1. The average molecular weight is 134 g/mol. The van der Waals surface area contributed by atoms with Crippen LogP contribution in [0.25, 0.3) is 0 Å². The first-order valence-corrected chi connectivity index (χ1v) is 4.12. The van der Waals surface area contributed by atoms with E-state index in [2.05, 4.69) is 30.4 Å². The Morgan fingerprint density at radius 1 is 1.71 bits per heavy atom. The van der Waals surface area contributed by atoms with Gasteiger partial charge in [0.1, 0.15) is 0 Å². The number of thioether (sulfide) groups is 1.